The molecule has 2 saturated carbocycles. The molecule has 2 aliphatic carbocycles. The molecule has 3 heteroatoms. The van der Waals surface area contributed by atoms with Crippen LogP contribution in [0.2, 0.25) is 0 Å². The van der Waals surface area contributed by atoms with Gasteiger partial charge in [-0.3, -0.25) is 10.1 Å². The number of hydrogen-bond acceptors (Lipinski definition) is 2. The Morgan fingerprint density at radius 1 is 1.38 bits per heavy atom. The lowest BCUT2D eigenvalue weighted by atomic mass is 10.2. The molecular weight excluding hydrogens is 200 g/mol. The van der Waals surface area contributed by atoms with Crippen LogP contribution in [-0.2, 0) is 4.79 Å². The van der Waals surface area contributed by atoms with Crippen LogP contribution in [0.4, 0.5) is 0 Å². The van der Waals surface area contributed by atoms with E-state index in [0.717, 1.165) is 38.1 Å². The van der Waals surface area contributed by atoms with Crippen LogP contribution in [0.25, 0.3) is 0 Å². The number of amides is 1. The van der Waals surface area contributed by atoms with Gasteiger partial charge in [0.25, 0.3) is 0 Å². The largest absolute Gasteiger partial charge is 0.326 e. The van der Waals surface area contributed by atoms with Crippen molar-refractivity contribution in [2.75, 3.05) is 6.54 Å². The van der Waals surface area contributed by atoms with E-state index in [4.69, 9.17) is 0 Å². The van der Waals surface area contributed by atoms with Gasteiger partial charge in [-0.1, -0.05) is 26.2 Å². The molecule has 0 radical (unpaired) electrons. The van der Waals surface area contributed by atoms with Gasteiger partial charge < -0.3 is 4.90 Å². The summed E-state index contributed by atoms with van der Waals surface area (Å²) in [6.45, 7) is 3.19. The molecule has 0 aromatic rings. The summed E-state index contributed by atoms with van der Waals surface area (Å²) in [6.07, 6.45) is 8.72. The summed E-state index contributed by atoms with van der Waals surface area (Å²) in [5, 5.41) is 3.56. The van der Waals surface area contributed by atoms with Crippen LogP contribution in [0.3, 0.4) is 0 Å². The molecule has 16 heavy (non-hydrogen) atoms. The molecule has 0 aromatic heterocycles. The van der Waals surface area contributed by atoms with Crippen LogP contribution in [-0.4, -0.2) is 29.1 Å². The normalized spacial score (nSPS) is 31.4. The van der Waals surface area contributed by atoms with E-state index in [1.54, 1.807) is 0 Å². The number of hydrogen-bond donors (Lipinski definition) is 1. The smallest absolute Gasteiger partial charge is 0.244 e. The van der Waals surface area contributed by atoms with Crippen LogP contribution < -0.4 is 5.32 Å². The van der Waals surface area contributed by atoms with E-state index in [1.807, 2.05) is 0 Å². The number of nitrogens with one attached hydrogen (secondary N) is 1. The highest BCUT2D eigenvalue weighted by Gasteiger charge is 2.58. The van der Waals surface area contributed by atoms with Gasteiger partial charge in [0, 0.05) is 6.54 Å². The van der Waals surface area contributed by atoms with Gasteiger partial charge in [0.1, 0.15) is 0 Å². The molecule has 90 valence electrons. The molecule has 0 bridgehead atoms. The highest BCUT2D eigenvalue weighted by molar-refractivity contribution is 5.91. The zero-order valence-electron chi connectivity index (χ0n) is 10.2. The van der Waals surface area contributed by atoms with E-state index < -0.39 is 0 Å². The molecule has 1 spiro atoms. The average Bonchev–Trinajstić information content (AvgIpc) is 3.11. The van der Waals surface area contributed by atoms with E-state index >= 15 is 0 Å². The van der Waals surface area contributed by atoms with Crippen molar-refractivity contribution < 1.29 is 4.79 Å². The summed E-state index contributed by atoms with van der Waals surface area (Å²) < 4.78 is 0. The Bertz CT molecular complexity index is 294. The van der Waals surface area contributed by atoms with Crippen LogP contribution in [0, 0.1) is 5.92 Å². The second-order valence-corrected chi connectivity index (χ2v) is 5.76. The predicted molar refractivity (Wildman–Crippen MR) is 62.9 cm³/mol. The first-order valence-corrected chi connectivity index (χ1v) is 6.84. The van der Waals surface area contributed by atoms with Gasteiger partial charge in [0.05, 0.1) is 11.7 Å². The molecule has 3 aliphatic rings. The molecule has 1 saturated heterocycles. The quantitative estimate of drug-likeness (QED) is 0.770. The lowest BCUT2D eigenvalue weighted by Crippen LogP contribution is -2.38. The second kappa shape index (κ2) is 3.73. The lowest BCUT2D eigenvalue weighted by molar-refractivity contribution is -0.130. The Labute approximate surface area is 97.6 Å². The molecule has 3 fully saturated rings. The first-order valence-electron chi connectivity index (χ1n) is 6.84. The van der Waals surface area contributed by atoms with E-state index in [1.165, 1.54) is 19.3 Å². The van der Waals surface area contributed by atoms with E-state index in [-0.39, 0.29) is 5.54 Å². The number of carbonyl (C=O) groups is 1. The minimum atomic E-state index is -0.108. The van der Waals surface area contributed by atoms with Gasteiger partial charge in [0.2, 0.25) is 5.91 Å². The molecule has 0 aromatic carbocycles. The van der Waals surface area contributed by atoms with Gasteiger partial charge in [-0.25, -0.2) is 0 Å². The molecule has 1 unspecified atom stereocenters. The molecule has 1 heterocycles. The van der Waals surface area contributed by atoms with Crippen molar-refractivity contribution in [2.24, 2.45) is 5.92 Å². The maximum atomic E-state index is 12.3. The average molecular weight is 222 g/mol. The Hall–Kier alpha value is -0.570. The standard InChI is InChI=1S/C13H22N2O/c1-2-3-11-14-13(7-8-13)12(16)15(11)9-6-10-4-5-10/h10-11,14H,2-9H2,1H3. The van der Waals surface area contributed by atoms with Gasteiger partial charge in [0.15, 0.2) is 0 Å². The van der Waals surface area contributed by atoms with Crippen LogP contribution in [0.1, 0.15) is 51.9 Å². The van der Waals surface area contributed by atoms with E-state index in [2.05, 4.69) is 17.1 Å². The van der Waals surface area contributed by atoms with Crippen molar-refractivity contribution >= 4 is 5.91 Å². The minimum absolute atomic E-state index is 0.108. The lowest BCUT2D eigenvalue weighted by Gasteiger charge is -2.23. The zero-order valence-corrected chi connectivity index (χ0v) is 10.2. The van der Waals surface area contributed by atoms with E-state index in [0.29, 0.717) is 12.1 Å². The topological polar surface area (TPSA) is 32.3 Å². The molecule has 3 nitrogen and oxygen atoms in total. The summed E-state index contributed by atoms with van der Waals surface area (Å²) in [4.78, 5) is 14.4. The molecule has 1 aliphatic heterocycles. The van der Waals surface area contributed by atoms with Crippen LogP contribution >= 0.6 is 0 Å². The summed E-state index contributed by atoms with van der Waals surface area (Å²) in [5.74, 6) is 1.32. The predicted octanol–water partition coefficient (Wildman–Crippen LogP) is 1.88. The fraction of sp³-hybridized carbons (Fsp3) is 0.923. The molecule has 1 atom stereocenters. The minimum Gasteiger partial charge on any atom is -0.326 e. The first-order chi connectivity index (χ1) is 7.75. The number of rotatable bonds is 5. The van der Waals surface area contributed by atoms with Gasteiger partial charge in [-0.2, -0.15) is 0 Å². The van der Waals surface area contributed by atoms with Crippen LogP contribution in [0.5, 0.6) is 0 Å². The molecular formula is C13H22N2O. The number of carbonyl (C=O) groups excluding carboxylic acids is 1. The highest BCUT2D eigenvalue weighted by Crippen LogP contribution is 2.43. The summed E-state index contributed by atoms with van der Waals surface area (Å²) in [6, 6.07) is 0. The Kier molecular flexibility index (Phi) is 2.46. The molecule has 3 rings (SSSR count). The number of nitrogens with zero attached hydrogens (tertiary/aromatic N) is 1. The van der Waals surface area contributed by atoms with Crippen LogP contribution in [0.15, 0.2) is 0 Å². The van der Waals surface area contributed by atoms with Gasteiger partial charge in [-0.05, 0) is 31.6 Å². The summed E-state index contributed by atoms with van der Waals surface area (Å²) in [7, 11) is 0. The van der Waals surface area contributed by atoms with Gasteiger partial charge >= 0.3 is 0 Å². The fourth-order valence-corrected chi connectivity index (χ4v) is 2.85. The van der Waals surface area contributed by atoms with E-state index in [9.17, 15) is 4.79 Å². The van der Waals surface area contributed by atoms with Crippen molar-refractivity contribution in [1.29, 1.82) is 0 Å². The fourth-order valence-electron chi connectivity index (χ4n) is 2.85. The van der Waals surface area contributed by atoms with Crippen molar-refractivity contribution in [3.05, 3.63) is 0 Å². The highest BCUT2D eigenvalue weighted by atomic mass is 16.2. The maximum Gasteiger partial charge on any atom is 0.244 e. The van der Waals surface area contributed by atoms with Crippen molar-refractivity contribution in [1.82, 2.24) is 10.2 Å². The monoisotopic (exact) mass is 222 g/mol. The van der Waals surface area contributed by atoms with Crippen molar-refractivity contribution in [3.63, 3.8) is 0 Å². The Morgan fingerprint density at radius 2 is 2.12 bits per heavy atom. The summed E-state index contributed by atoms with van der Waals surface area (Å²) >= 11 is 0. The third kappa shape index (κ3) is 1.75. The maximum absolute atomic E-state index is 12.3. The third-order valence-corrected chi connectivity index (χ3v) is 4.28. The van der Waals surface area contributed by atoms with Gasteiger partial charge in [-0.15, -0.1) is 0 Å². The summed E-state index contributed by atoms with van der Waals surface area (Å²) in [5.41, 5.74) is -0.108. The Morgan fingerprint density at radius 3 is 2.69 bits per heavy atom. The third-order valence-electron chi connectivity index (χ3n) is 4.28. The zero-order chi connectivity index (χ0) is 11.2. The first kappa shape index (κ1) is 10.6. The van der Waals surface area contributed by atoms with Crippen molar-refractivity contribution in [2.45, 2.75) is 63.6 Å². The Balaban J connectivity index is 1.63. The molecule has 1 amide bonds. The second-order valence-electron chi connectivity index (χ2n) is 5.76. The van der Waals surface area contributed by atoms with Crippen molar-refractivity contribution in [3.8, 4) is 0 Å². The SMILES string of the molecule is CCCC1NC2(CC2)C(=O)N1CCC1CC1. The molecule has 1 N–H and O–H groups in total.